The number of nitrogens with zero attached hydrogens (tertiary/aromatic N) is 2. The molecule has 0 aliphatic carbocycles. The summed E-state index contributed by atoms with van der Waals surface area (Å²) in [7, 11) is 0. The Kier molecular flexibility index (Phi) is 4.09. The summed E-state index contributed by atoms with van der Waals surface area (Å²) < 4.78 is 0. The van der Waals surface area contributed by atoms with Gasteiger partial charge in [0.1, 0.15) is 0 Å². The monoisotopic (exact) mass is 343 g/mol. The van der Waals surface area contributed by atoms with Gasteiger partial charge in [0.15, 0.2) is 0 Å². The van der Waals surface area contributed by atoms with Gasteiger partial charge in [0, 0.05) is 38.9 Å². The largest absolute Gasteiger partial charge is 0.362 e. The van der Waals surface area contributed by atoms with E-state index < -0.39 is 0 Å². The molecule has 0 spiro atoms. The maximum Gasteiger partial charge on any atom is 0.0247 e. The first-order chi connectivity index (χ1) is 9.92. The van der Waals surface area contributed by atoms with Gasteiger partial charge in [-0.05, 0) is 11.0 Å². The zero-order chi connectivity index (χ0) is 13.4. The minimum Gasteiger partial charge on any atom is -0.362 e. The minimum atomic E-state index is 0. The van der Waals surface area contributed by atoms with Gasteiger partial charge in [-0.3, -0.25) is 4.98 Å². The van der Waals surface area contributed by atoms with Gasteiger partial charge < -0.3 is 4.98 Å². The van der Waals surface area contributed by atoms with Crippen LogP contribution in [0.5, 0.6) is 0 Å². The Morgan fingerprint density at radius 3 is 2.76 bits per heavy atom. The van der Waals surface area contributed by atoms with Crippen LogP contribution in [0, 0.1) is 12.3 Å². The molecule has 3 heteroatoms. The molecule has 0 aliphatic heterocycles. The van der Waals surface area contributed by atoms with Crippen molar-refractivity contribution in [3.63, 3.8) is 0 Å². The van der Waals surface area contributed by atoms with Crippen LogP contribution in [0.1, 0.15) is 0 Å². The number of para-hydroxylation sites is 1. The molecule has 2 heterocycles. The number of hydrogen-bond acceptors (Lipinski definition) is 2. The van der Waals surface area contributed by atoms with Crippen LogP contribution in [0.4, 0.5) is 0 Å². The third-order valence-corrected chi connectivity index (χ3v) is 3.38. The first-order valence-electron chi connectivity index (χ1n) is 6.45. The molecule has 4 rings (SSSR count). The van der Waals surface area contributed by atoms with E-state index >= 15 is 0 Å². The van der Waals surface area contributed by atoms with Gasteiger partial charge >= 0.3 is 0 Å². The molecule has 0 fully saturated rings. The number of benzene rings is 2. The molecule has 0 amide bonds. The van der Waals surface area contributed by atoms with Crippen molar-refractivity contribution in [2.24, 2.45) is 0 Å². The van der Waals surface area contributed by atoms with E-state index in [1.165, 1.54) is 0 Å². The van der Waals surface area contributed by atoms with Crippen LogP contribution in [0.2, 0.25) is 0 Å². The van der Waals surface area contributed by atoms with Crippen LogP contribution in [-0.2, 0) is 32.7 Å². The molecule has 2 aromatic carbocycles. The van der Waals surface area contributed by atoms with Gasteiger partial charge in [-0.15, -0.1) is 17.5 Å². The molecule has 0 atom stereocenters. The van der Waals surface area contributed by atoms with Gasteiger partial charge in [-0.25, -0.2) is 11.1 Å². The Balaban J connectivity index is 0.00000132. The number of pyridine rings is 2. The summed E-state index contributed by atoms with van der Waals surface area (Å²) in [6.45, 7) is 0. The maximum atomic E-state index is 4.40. The molecule has 0 N–H and O–H groups in total. The van der Waals surface area contributed by atoms with Gasteiger partial charge in [-0.2, -0.15) is 18.2 Å². The summed E-state index contributed by atoms with van der Waals surface area (Å²) in [5.74, 6) is 0. The second-order valence-electron chi connectivity index (χ2n) is 4.63. The Morgan fingerprint density at radius 1 is 0.905 bits per heavy atom. The van der Waals surface area contributed by atoms with Crippen molar-refractivity contribution in [1.29, 1.82) is 0 Å². The van der Waals surface area contributed by atoms with Gasteiger partial charge in [0.25, 0.3) is 0 Å². The molecule has 0 saturated heterocycles. The smallest absolute Gasteiger partial charge is 0.0247 e. The van der Waals surface area contributed by atoms with E-state index in [0.717, 1.165) is 32.9 Å². The fourth-order valence-electron chi connectivity index (χ4n) is 2.41. The topological polar surface area (TPSA) is 25.8 Å². The summed E-state index contributed by atoms with van der Waals surface area (Å²) in [5.41, 5.74) is 3.86. The first-order valence-corrected chi connectivity index (χ1v) is 6.45. The molecule has 1 radical (unpaired) electrons. The van der Waals surface area contributed by atoms with Crippen LogP contribution >= 0.6 is 0 Å². The second kappa shape index (κ2) is 6.01. The average Bonchev–Trinajstić information content (AvgIpc) is 2.54. The third-order valence-electron chi connectivity index (χ3n) is 3.38. The molecule has 97 valence electrons. The molecule has 0 unspecified atom stereocenters. The van der Waals surface area contributed by atoms with Gasteiger partial charge in [-0.1, -0.05) is 41.9 Å². The van der Waals surface area contributed by atoms with E-state index in [1.807, 2.05) is 36.4 Å². The Bertz CT molecular complexity index is 913. The zero-order valence-corrected chi connectivity index (χ0v) is 14.1. The second-order valence-corrected chi connectivity index (χ2v) is 4.63. The van der Waals surface area contributed by atoms with Crippen molar-refractivity contribution < 1.29 is 32.7 Å². The molecule has 4 aromatic rings. The van der Waals surface area contributed by atoms with Crippen LogP contribution < -0.4 is 0 Å². The summed E-state index contributed by atoms with van der Waals surface area (Å²) in [4.78, 5) is 8.77. The Morgan fingerprint density at radius 2 is 1.81 bits per heavy atom. The fourth-order valence-corrected chi connectivity index (χ4v) is 2.41. The maximum absolute atomic E-state index is 4.40. The molecular weight excluding hydrogens is 333 g/mol. The number of hydrogen-bond donors (Lipinski definition) is 0. The predicted octanol–water partition coefficient (Wildman–Crippen LogP) is 4.05. The average molecular weight is 343 g/mol. The Hall–Kier alpha value is -1.64. The number of fused-ring (bicyclic) bond motifs is 2. The summed E-state index contributed by atoms with van der Waals surface area (Å²) in [5, 5.41) is 2.18. The number of rotatable bonds is 1. The molecule has 0 bridgehead atoms. The van der Waals surface area contributed by atoms with E-state index in [2.05, 4.69) is 40.4 Å². The van der Waals surface area contributed by atoms with Crippen LogP contribution in [0.3, 0.4) is 0 Å². The van der Waals surface area contributed by atoms with Crippen molar-refractivity contribution in [1.82, 2.24) is 9.97 Å². The SMILES string of the molecule is [Y].[c-]1nc2ccccc2cc1-c1[c-]ccc2ncccc12. The summed E-state index contributed by atoms with van der Waals surface area (Å²) in [6, 6.07) is 21.3. The van der Waals surface area contributed by atoms with Crippen LogP contribution in [-0.4, -0.2) is 9.97 Å². The number of aromatic nitrogens is 2. The standard InChI is InChI=1S/C18H10N2.Y/c1-2-8-17-13(5-1)11-14(12-20-17)15-6-3-9-18-16(15)7-4-10-19-18;/h1-5,7-11H;/q-2;. The first kappa shape index (κ1) is 14.3. The quantitative estimate of drug-likeness (QED) is 0.488. The van der Waals surface area contributed by atoms with Crippen LogP contribution in [0.15, 0.2) is 60.8 Å². The zero-order valence-electron chi connectivity index (χ0n) is 11.2. The van der Waals surface area contributed by atoms with E-state index in [-0.39, 0.29) is 32.7 Å². The van der Waals surface area contributed by atoms with E-state index in [0.29, 0.717) is 0 Å². The van der Waals surface area contributed by atoms with Crippen molar-refractivity contribution in [2.75, 3.05) is 0 Å². The molecule has 0 saturated carbocycles. The minimum absolute atomic E-state index is 0. The Labute approximate surface area is 148 Å². The van der Waals surface area contributed by atoms with Crippen molar-refractivity contribution in [2.45, 2.75) is 0 Å². The van der Waals surface area contributed by atoms with Crippen LogP contribution in [0.25, 0.3) is 32.9 Å². The van der Waals surface area contributed by atoms with Crippen molar-refractivity contribution >= 4 is 21.8 Å². The normalized spacial score (nSPS) is 10.5. The van der Waals surface area contributed by atoms with E-state index in [9.17, 15) is 0 Å². The van der Waals surface area contributed by atoms with Gasteiger partial charge in [0.05, 0.1) is 0 Å². The summed E-state index contributed by atoms with van der Waals surface area (Å²) in [6.07, 6.45) is 4.91. The fraction of sp³-hybridized carbons (Fsp3) is 0. The van der Waals surface area contributed by atoms with E-state index in [4.69, 9.17) is 0 Å². The van der Waals surface area contributed by atoms with Gasteiger partial charge in [0.2, 0.25) is 0 Å². The van der Waals surface area contributed by atoms with Crippen molar-refractivity contribution in [3.05, 3.63) is 73.1 Å². The predicted molar refractivity (Wildman–Crippen MR) is 80.2 cm³/mol. The van der Waals surface area contributed by atoms with Crippen molar-refractivity contribution in [3.8, 4) is 11.1 Å². The third kappa shape index (κ3) is 2.62. The van der Waals surface area contributed by atoms with E-state index in [1.54, 1.807) is 6.20 Å². The molecule has 21 heavy (non-hydrogen) atoms. The summed E-state index contributed by atoms with van der Waals surface area (Å²) >= 11 is 0. The molecular formula is C18H10N2Y-2. The molecule has 2 aromatic heterocycles. The molecule has 0 aliphatic rings. The molecule has 2 nitrogen and oxygen atoms in total.